The molecule has 0 aliphatic heterocycles. The fraction of sp³-hybridized carbons (Fsp3) is 0.400. The number of para-hydroxylation sites is 1. The zero-order chi connectivity index (χ0) is 10.6. The summed E-state index contributed by atoms with van der Waals surface area (Å²) in [5.74, 6) is -0.351. The van der Waals surface area contributed by atoms with Crippen molar-refractivity contribution < 1.29 is 14.2 Å². The molecule has 0 saturated carbocycles. The van der Waals surface area contributed by atoms with E-state index < -0.39 is 11.9 Å². The third kappa shape index (κ3) is 2.21. The number of aliphatic hydroxyl groups excluding tert-OH is 1. The average molecular weight is 199 g/mol. The molecule has 4 heteroatoms. The molecule has 1 rings (SSSR count). The second-order valence-corrected chi connectivity index (χ2v) is 2.94. The van der Waals surface area contributed by atoms with Gasteiger partial charge in [0.15, 0.2) is 11.6 Å². The van der Waals surface area contributed by atoms with Gasteiger partial charge in [0.2, 0.25) is 0 Å². The minimum absolute atomic E-state index is 0.107. The number of likely N-dealkylation sites (N-methyl/N-ethyl adjacent to an activating group) is 1. The molecule has 0 aliphatic rings. The quantitative estimate of drug-likeness (QED) is 0.762. The summed E-state index contributed by atoms with van der Waals surface area (Å²) in [5.41, 5.74) is 0.460. The van der Waals surface area contributed by atoms with E-state index in [1.807, 2.05) is 0 Å². The number of methoxy groups -OCH3 is 1. The lowest BCUT2D eigenvalue weighted by Gasteiger charge is -2.14. The number of hydrogen-bond donors (Lipinski definition) is 2. The molecule has 1 unspecified atom stereocenters. The molecule has 0 aromatic heterocycles. The van der Waals surface area contributed by atoms with Gasteiger partial charge in [0.25, 0.3) is 0 Å². The van der Waals surface area contributed by atoms with E-state index in [1.54, 1.807) is 19.2 Å². The third-order valence-electron chi connectivity index (χ3n) is 1.96. The fourth-order valence-corrected chi connectivity index (χ4v) is 1.31. The predicted molar refractivity (Wildman–Crippen MR) is 51.8 cm³/mol. The van der Waals surface area contributed by atoms with Gasteiger partial charge in [-0.15, -0.1) is 0 Å². The largest absolute Gasteiger partial charge is 0.493 e. The lowest BCUT2D eigenvalue weighted by Crippen LogP contribution is -2.17. The molecule has 0 bridgehead atoms. The molecule has 0 radical (unpaired) electrons. The van der Waals surface area contributed by atoms with Crippen LogP contribution in [0.4, 0.5) is 4.39 Å². The molecule has 0 fully saturated rings. The average Bonchev–Trinajstić information content (AvgIpc) is 2.17. The zero-order valence-corrected chi connectivity index (χ0v) is 8.25. The minimum Gasteiger partial charge on any atom is -0.493 e. The molecule has 1 aromatic carbocycles. The summed E-state index contributed by atoms with van der Waals surface area (Å²) >= 11 is 0. The number of ether oxygens (including phenoxy) is 1. The van der Waals surface area contributed by atoms with Crippen LogP contribution in [0.3, 0.4) is 0 Å². The van der Waals surface area contributed by atoms with Crippen molar-refractivity contribution >= 4 is 0 Å². The Labute approximate surface area is 82.5 Å². The van der Waals surface area contributed by atoms with E-state index in [1.165, 1.54) is 13.2 Å². The lowest BCUT2D eigenvalue weighted by atomic mass is 10.1. The number of aliphatic hydroxyl groups is 1. The van der Waals surface area contributed by atoms with Gasteiger partial charge in [-0.3, -0.25) is 0 Å². The predicted octanol–water partition coefficient (Wildman–Crippen LogP) is 1.09. The van der Waals surface area contributed by atoms with Gasteiger partial charge in [0.1, 0.15) is 0 Å². The van der Waals surface area contributed by atoms with Crippen molar-refractivity contribution in [2.75, 3.05) is 20.7 Å². The molecule has 0 amide bonds. The van der Waals surface area contributed by atoms with Crippen LogP contribution < -0.4 is 10.1 Å². The molecular formula is C10H14FNO2. The van der Waals surface area contributed by atoms with Crippen LogP contribution in [0.5, 0.6) is 5.75 Å². The van der Waals surface area contributed by atoms with E-state index in [0.717, 1.165) is 0 Å². The van der Waals surface area contributed by atoms with Crippen LogP contribution >= 0.6 is 0 Å². The van der Waals surface area contributed by atoms with E-state index >= 15 is 0 Å². The molecule has 0 aliphatic carbocycles. The number of nitrogens with one attached hydrogen (secondary N) is 1. The Balaban J connectivity index is 3.00. The Morgan fingerprint density at radius 1 is 1.57 bits per heavy atom. The smallest absolute Gasteiger partial charge is 0.165 e. The Hall–Kier alpha value is -1.13. The van der Waals surface area contributed by atoms with Crippen LogP contribution in [0.15, 0.2) is 18.2 Å². The maximum atomic E-state index is 13.2. The first-order chi connectivity index (χ1) is 6.70. The van der Waals surface area contributed by atoms with Crippen molar-refractivity contribution in [2.24, 2.45) is 0 Å². The molecule has 2 N–H and O–H groups in total. The van der Waals surface area contributed by atoms with Crippen molar-refractivity contribution in [3.8, 4) is 5.75 Å². The van der Waals surface area contributed by atoms with Gasteiger partial charge in [-0.25, -0.2) is 4.39 Å². The summed E-state index contributed by atoms with van der Waals surface area (Å²) in [6.07, 6.45) is -0.759. The van der Waals surface area contributed by atoms with Crippen LogP contribution in [0.25, 0.3) is 0 Å². The first-order valence-corrected chi connectivity index (χ1v) is 4.35. The van der Waals surface area contributed by atoms with E-state index in [0.29, 0.717) is 12.1 Å². The zero-order valence-electron chi connectivity index (χ0n) is 8.25. The highest BCUT2D eigenvalue weighted by atomic mass is 19.1. The molecule has 0 heterocycles. The van der Waals surface area contributed by atoms with E-state index in [9.17, 15) is 9.50 Å². The van der Waals surface area contributed by atoms with E-state index in [4.69, 9.17) is 4.74 Å². The molecule has 1 aromatic rings. The van der Waals surface area contributed by atoms with Gasteiger partial charge in [-0.2, -0.15) is 0 Å². The first-order valence-electron chi connectivity index (χ1n) is 4.35. The van der Waals surface area contributed by atoms with Crippen LogP contribution in [0.2, 0.25) is 0 Å². The molecule has 0 saturated heterocycles. The number of rotatable bonds is 4. The van der Waals surface area contributed by atoms with Crippen molar-refractivity contribution in [1.82, 2.24) is 5.32 Å². The van der Waals surface area contributed by atoms with Crippen molar-refractivity contribution in [3.63, 3.8) is 0 Å². The van der Waals surface area contributed by atoms with Crippen LogP contribution in [0.1, 0.15) is 11.7 Å². The molecule has 14 heavy (non-hydrogen) atoms. The Morgan fingerprint density at radius 3 is 2.86 bits per heavy atom. The highest BCUT2D eigenvalue weighted by molar-refractivity contribution is 5.36. The van der Waals surface area contributed by atoms with Gasteiger partial charge in [0, 0.05) is 12.1 Å². The second-order valence-electron chi connectivity index (χ2n) is 2.94. The summed E-state index contributed by atoms with van der Waals surface area (Å²) in [7, 11) is 3.10. The maximum Gasteiger partial charge on any atom is 0.165 e. The van der Waals surface area contributed by atoms with Gasteiger partial charge in [-0.05, 0) is 13.1 Å². The van der Waals surface area contributed by atoms with Crippen molar-refractivity contribution in [1.29, 1.82) is 0 Å². The summed E-state index contributed by atoms with van der Waals surface area (Å²) in [4.78, 5) is 0. The minimum atomic E-state index is -0.759. The topological polar surface area (TPSA) is 41.5 Å². The number of hydrogen-bond acceptors (Lipinski definition) is 3. The fourth-order valence-electron chi connectivity index (χ4n) is 1.31. The number of benzene rings is 1. The standard InChI is InChI=1S/C10H14FNO2/c1-12-6-9(13)7-4-3-5-8(11)10(7)14-2/h3-5,9,12-13H,6H2,1-2H3. The van der Waals surface area contributed by atoms with Crippen molar-refractivity contribution in [2.45, 2.75) is 6.10 Å². The van der Waals surface area contributed by atoms with Gasteiger partial charge >= 0.3 is 0 Å². The number of halogens is 1. The van der Waals surface area contributed by atoms with Gasteiger partial charge in [-0.1, -0.05) is 12.1 Å². The highest BCUT2D eigenvalue weighted by Crippen LogP contribution is 2.27. The van der Waals surface area contributed by atoms with Crippen LogP contribution in [-0.4, -0.2) is 25.8 Å². The summed E-state index contributed by atoms with van der Waals surface area (Å²) in [6, 6.07) is 4.49. The molecule has 3 nitrogen and oxygen atoms in total. The first kappa shape index (κ1) is 10.9. The Bertz CT molecular complexity index is 304. The summed E-state index contributed by atoms with van der Waals surface area (Å²) in [6.45, 7) is 0.361. The van der Waals surface area contributed by atoms with Crippen LogP contribution in [0, 0.1) is 5.82 Å². The van der Waals surface area contributed by atoms with Gasteiger partial charge in [0.05, 0.1) is 13.2 Å². The van der Waals surface area contributed by atoms with E-state index in [-0.39, 0.29) is 5.75 Å². The molecule has 1 atom stereocenters. The van der Waals surface area contributed by atoms with Crippen LogP contribution in [-0.2, 0) is 0 Å². The Morgan fingerprint density at radius 2 is 2.29 bits per heavy atom. The van der Waals surface area contributed by atoms with Crippen molar-refractivity contribution in [3.05, 3.63) is 29.6 Å². The highest BCUT2D eigenvalue weighted by Gasteiger charge is 2.15. The summed E-state index contributed by atoms with van der Waals surface area (Å²) in [5, 5.41) is 12.5. The normalized spacial score (nSPS) is 12.6. The molecular weight excluding hydrogens is 185 g/mol. The SMILES string of the molecule is CNCC(O)c1cccc(F)c1OC. The Kier molecular flexibility index (Phi) is 3.85. The maximum absolute atomic E-state index is 13.2. The molecule has 78 valence electrons. The van der Waals surface area contributed by atoms with Gasteiger partial charge < -0.3 is 15.2 Å². The summed E-state index contributed by atoms with van der Waals surface area (Å²) < 4.78 is 18.1. The van der Waals surface area contributed by atoms with E-state index in [2.05, 4.69) is 5.32 Å². The second kappa shape index (κ2) is 4.93. The monoisotopic (exact) mass is 199 g/mol. The lowest BCUT2D eigenvalue weighted by molar-refractivity contribution is 0.172. The molecule has 0 spiro atoms. The third-order valence-corrected chi connectivity index (χ3v) is 1.96.